The molecule has 0 fully saturated rings. The fourth-order valence-corrected chi connectivity index (χ4v) is 1.51. The highest BCUT2D eigenvalue weighted by Crippen LogP contribution is 2.27. The van der Waals surface area contributed by atoms with Gasteiger partial charge in [-0.3, -0.25) is 0 Å². The van der Waals surface area contributed by atoms with E-state index in [1.165, 1.54) is 0 Å². The fraction of sp³-hybridized carbons (Fsp3) is 0.250. The van der Waals surface area contributed by atoms with Crippen molar-refractivity contribution >= 4 is 0 Å². The van der Waals surface area contributed by atoms with Crippen molar-refractivity contribution in [2.75, 3.05) is 6.54 Å². The van der Waals surface area contributed by atoms with Gasteiger partial charge in [0.25, 0.3) is 0 Å². The van der Waals surface area contributed by atoms with Crippen molar-refractivity contribution in [3.63, 3.8) is 0 Å². The molecule has 0 aromatic rings. The predicted molar refractivity (Wildman–Crippen MR) is 76.4 cm³/mol. The summed E-state index contributed by atoms with van der Waals surface area (Å²) >= 11 is 0. The highest BCUT2D eigenvalue weighted by molar-refractivity contribution is 5.19. The van der Waals surface area contributed by atoms with E-state index in [4.69, 9.17) is 0 Å². The molecule has 1 unspecified atom stereocenters. The first-order chi connectivity index (χ1) is 8.20. The zero-order valence-corrected chi connectivity index (χ0v) is 10.5. The number of rotatable bonds is 2. The van der Waals surface area contributed by atoms with Crippen molar-refractivity contribution in [1.29, 1.82) is 0 Å². The zero-order chi connectivity index (χ0) is 12.6. The van der Waals surface area contributed by atoms with Gasteiger partial charge in [-0.1, -0.05) is 56.0 Å². The first-order valence-electron chi connectivity index (χ1n) is 5.90. The topological polar surface area (TPSA) is 3.24 Å². The van der Waals surface area contributed by atoms with Gasteiger partial charge in [-0.25, -0.2) is 0 Å². The Balaban J connectivity index is 0.000000171. The quantitative estimate of drug-likeness (QED) is 0.639. The summed E-state index contributed by atoms with van der Waals surface area (Å²) in [7, 11) is 0. The van der Waals surface area contributed by atoms with Crippen LogP contribution in [0.1, 0.15) is 13.3 Å². The fourth-order valence-electron chi connectivity index (χ4n) is 1.51. The number of hydrogen-bond acceptors (Lipinski definition) is 1. The summed E-state index contributed by atoms with van der Waals surface area (Å²) in [6.45, 7) is 10.5. The van der Waals surface area contributed by atoms with E-state index in [1.54, 1.807) is 6.20 Å². The predicted octanol–water partition coefficient (Wildman–Crippen LogP) is 4.21. The van der Waals surface area contributed by atoms with Gasteiger partial charge in [0.15, 0.2) is 0 Å². The van der Waals surface area contributed by atoms with Crippen LogP contribution < -0.4 is 0 Å². The molecule has 17 heavy (non-hydrogen) atoms. The Morgan fingerprint density at radius 2 is 1.88 bits per heavy atom. The lowest BCUT2D eigenvalue weighted by atomic mass is 9.84. The summed E-state index contributed by atoms with van der Waals surface area (Å²) in [5.74, 6) is 0. The number of allylic oxidation sites excluding steroid dienone is 7. The van der Waals surface area contributed by atoms with Gasteiger partial charge < -0.3 is 4.90 Å². The van der Waals surface area contributed by atoms with E-state index >= 15 is 0 Å². The molecule has 1 heteroatoms. The third kappa shape index (κ3) is 4.73. The second kappa shape index (κ2) is 6.74. The molecule has 1 aliphatic heterocycles. The minimum atomic E-state index is 0.217. The maximum absolute atomic E-state index is 3.77. The number of hydrogen-bond donors (Lipinski definition) is 0. The molecule has 0 aromatic carbocycles. The first-order valence-corrected chi connectivity index (χ1v) is 5.90. The van der Waals surface area contributed by atoms with E-state index in [-0.39, 0.29) is 5.41 Å². The molecule has 0 radical (unpaired) electrons. The lowest BCUT2D eigenvalue weighted by Gasteiger charge is -2.20. The van der Waals surface area contributed by atoms with Gasteiger partial charge >= 0.3 is 0 Å². The van der Waals surface area contributed by atoms with Crippen molar-refractivity contribution in [3.05, 3.63) is 74.2 Å². The molecule has 0 saturated heterocycles. The van der Waals surface area contributed by atoms with E-state index in [0.717, 1.165) is 13.0 Å². The van der Waals surface area contributed by atoms with Gasteiger partial charge in [0, 0.05) is 18.2 Å². The number of nitrogens with zero attached hydrogens (tertiary/aromatic N) is 1. The van der Waals surface area contributed by atoms with Crippen molar-refractivity contribution in [2.45, 2.75) is 13.3 Å². The Morgan fingerprint density at radius 1 is 1.12 bits per heavy atom. The molecule has 1 aliphatic carbocycles. The largest absolute Gasteiger partial charge is 0.351 e. The van der Waals surface area contributed by atoms with E-state index in [9.17, 15) is 0 Å². The molecular formula is C16H21N. The molecule has 0 aromatic heterocycles. The highest BCUT2D eigenvalue weighted by atomic mass is 15.1. The summed E-state index contributed by atoms with van der Waals surface area (Å²) in [6.07, 6.45) is 21.5. The third-order valence-electron chi connectivity index (χ3n) is 2.82. The van der Waals surface area contributed by atoms with Crippen LogP contribution >= 0.6 is 0 Å². The Kier molecular flexibility index (Phi) is 5.28. The van der Waals surface area contributed by atoms with E-state index < -0.39 is 0 Å². The van der Waals surface area contributed by atoms with Crippen LogP contribution in [0.2, 0.25) is 0 Å². The smallest absolute Gasteiger partial charge is 0.0403 e. The summed E-state index contributed by atoms with van der Waals surface area (Å²) in [5.41, 5.74) is 0.217. The van der Waals surface area contributed by atoms with Crippen LogP contribution in [0.4, 0.5) is 0 Å². The summed E-state index contributed by atoms with van der Waals surface area (Å²) in [4.78, 5) is 2.01. The van der Waals surface area contributed by atoms with Gasteiger partial charge in [0.2, 0.25) is 0 Å². The van der Waals surface area contributed by atoms with Gasteiger partial charge in [-0.05, 0) is 18.7 Å². The maximum Gasteiger partial charge on any atom is 0.0403 e. The van der Waals surface area contributed by atoms with Gasteiger partial charge in [-0.2, -0.15) is 0 Å². The SMILES string of the molecule is C=CC1(C)C=CC=CC1.C=CN1C=CC=CC1. The normalized spacial score (nSPS) is 25.1. The minimum Gasteiger partial charge on any atom is -0.351 e. The van der Waals surface area contributed by atoms with Crippen molar-refractivity contribution in [1.82, 2.24) is 4.90 Å². The lowest BCUT2D eigenvalue weighted by Crippen LogP contribution is -2.09. The van der Waals surface area contributed by atoms with Gasteiger partial charge in [0.05, 0.1) is 0 Å². The lowest BCUT2D eigenvalue weighted by molar-refractivity contribution is 0.558. The second-order valence-electron chi connectivity index (χ2n) is 4.35. The monoisotopic (exact) mass is 227 g/mol. The zero-order valence-electron chi connectivity index (χ0n) is 10.5. The van der Waals surface area contributed by atoms with Crippen LogP contribution in [0.3, 0.4) is 0 Å². The van der Waals surface area contributed by atoms with Crippen LogP contribution in [0.25, 0.3) is 0 Å². The van der Waals surface area contributed by atoms with Crippen LogP contribution in [0.15, 0.2) is 74.2 Å². The molecule has 1 nitrogen and oxygen atoms in total. The minimum absolute atomic E-state index is 0.217. The summed E-state index contributed by atoms with van der Waals surface area (Å²) in [5, 5.41) is 0. The molecule has 2 rings (SSSR count). The Labute approximate surface area is 105 Å². The standard InChI is InChI=1S/C9H12.C7H9N/c1-3-9(2)7-5-4-6-8-9;1-2-8-6-4-3-5-7-8/h3-7H,1,8H2,2H3;2-6H,1,7H2. The summed E-state index contributed by atoms with van der Waals surface area (Å²) in [6, 6.07) is 0. The van der Waals surface area contributed by atoms with Crippen LogP contribution in [-0.2, 0) is 0 Å². The molecule has 0 N–H and O–H groups in total. The molecule has 0 saturated carbocycles. The maximum atomic E-state index is 3.77. The van der Waals surface area contributed by atoms with E-state index in [1.807, 2.05) is 29.3 Å². The molecule has 0 bridgehead atoms. The van der Waals surface area contributed by atoms with Crippen molar-refractivity contribution in [3.8, 4) is 0 Å². The third-order valence-corrected chi connectivity index (χ3v) is 2.82. The molecular weight excluding hydrogens is 206 g/mol. The molecule has 90 valence electrons. The molecule has 2 aliphatic rings. The van der Waals surface area contributed by atoms with Crippen molar-refractivity contribution in [2.24, 2.45) is 5.41 Å². The summed E-state index contributed by atoms with van der Waals surface area (Å²) < 4.78 is 0. The average molecular weight is 227 g/mol. The molecule has 1 atom stereocenters. The molecule has 0 amide bonds. The average Bonchev–Trinajstić information content (AvgIpc) is 2.41. The van der Waals surface area contributed by atoms with E-state index in [0.29, 0.717) is 0 Å². The van der Waals surface area contributed by atoms with Crippen LogP contribution in [0, 0.1) is 5.41 Å². The van der Waals surface area contributed by atoms with Gasteiger partial charge in [0.1, 0.15) is 0 Å². The van der Waals surface area contributed by atoms with E-state index in [2.05, 4.69) is 50.5 Å². The second-order valence-corrected chi connectivity index (χ2v) is 4.35. The molecule has 1 heterocycles. The van der Waals surface area contributed by atoms with Gasteiger partial charge in [-0.15, -0.1) is 6.58 Å². The van der Waals surface area contributed by atoms with Crippen LogP contribution in [0.5, 0.6) is 0 Å². The first kappa shape index (κ1) is 13.3. The highest BCUT2D eigenvalue weighted by Gasteiger charge is 2.14. The Hall–Kier alpha value is -1.76. The Morgan fingerprint density at radius 3 is 2.24 bits per heavy atom. The van der Waals surface area contributed by atoms with Crippen LogP contribution in [-0.4, -0.2) is 11.4 Å². The Bertz CT molecular complexity index is 371. The van der Waals surface area contributed by atoms with Crippen molar-refractivity contribution < 1.29 is 0 Å². The molecule has 0 spiro atoms.